The SMILES string of the molecule is C=C.C=C(/C=C\C)CC.C=C(C)C.C=C(C)C1=C(C)Cc2ccc(C)cc21.CC.CCCC(C)C(C)(F)P. The Morgan fingerprint density at radius 1 is 1.08 bits per heavy atom. The molecule has 1 aliphatic rings. The van der Waals surface area contributed by atoms with Crippen LogP contribution >= 0.6 is 9.24 Å². The van der Waals surface area contributed by atoms with Gasteiger partial charge in [0, 0.05) is 0 Å². The lowest BCUT2D eigenvalue weighted by molar-refractivity contribution is 0.211. The minimum atomic E-state index is -1.07. The molecule has 0 N–H and O–H groups in total. The van der Waals surface area contributed by atoms with Crippen LogP contribution in [-0.4, -0.2) is 5.41 Å². The van der Waals surface area contributed by atoms with Crippen molar-refractivity contribution < 1.29 is 4.39 Å². The maximum absolute atomic E-state index is 12.9. The third-order valence-corrected chi connectivity index (χ3v) is 5.95. The lowest BCUT2D eigenvalue weighted by Gasteiger charge is -2.21. The van der Waals surface area contributed by atoms with E-state index in [4.69, 9.17) is 0 Å². The summed E-state index contributed by atoms with van der Waals surface area (Å²) >= 11 is 0. The van der Waals surface area contributed by atoms with Gasteiger partial charge < -0.3 is 0 Å². The van der Waals surface area contributed by atoms with Crippen molar-refractivity contribution in [1.82, 2.24) is 0 Å². The van der Waals surface area contributed by atoms with Gasteiger partial charge in [-0.2, -0.15) is 0 Å². The minimum Gasteiger partial charge on any atom is -0.240 e. The van der Waals surface area contributed by atoms with E-state index in [-0.39, 0.29) is 5.92 Å². The summed E-state index contributed by atoms with van der Waals surface area (Å²) in [5, 5.41) is -1.07. The van der Waals surface area contributed by atoms with Gasteiger partial charge in [-0.1, -0.05) is 122 Å². The van der Waals surface area contributed by atoms with Crippen molar-refractivity contribution >= 4 is 14.8 Å². The number of rotatable bonds is 6. The molecule has 38 heavy (non-hydrogen) atoms. The molecule has 0 spiro atoms. The minimum absolute atomic E-state index is 0.160. The molecule has 1 aromatic carbocycles. The van der Waals surface area contributed by atoms with Gasteiger partial charge in [0.05, 0.1) is 0 Å². The normalized spacial score (nSPS) is 13.1. The molecular weight excluding hydrogens is 482 g/mol. The Labute approximate surface area is 241 Å². The van der Waals surface area contributed by atoms with Crippen LogP contribution in [0.3, 0.4) is 0 Å². The van der Waals surface area contributed by atoms with E-state index >= 15 is 0 Å². The second kappa shape index (κ2) is 25.3. The summed E-state index contributed by atoms with van der Waals surface area (Å²) < 4.78 is 12.9. The van der Waals surface area contributed by atoms with Crippen LogP contribution in [0.15, 0.2) is 85.5 Å². The zero-order chi connectivity index (χ0) is 31.1. The number of allylic oxidation sites excluding steroid dienone is 7. The Hall–Kier alpha value is -1.98. The fourth-order valence-corrected chi connectivity index (χ4v) is 3.51. The summed E-state index contributed by atoms with van der Waals surface area (Å²) in [5.74, 6) is 0.160. The molecule has 0 fully saturated rings. The molecule has 1 aromatic rings. The standard InChI is InChI=1S/C14H16.C7H16FP.C7H12.C4H8.C2H6.C2H4/c1-9(2)14-11(4)8-12-6-5-10(3)7-13(12)14;1-4-5-6(2)7(3,8)9;1-4-6-7(3)5-2;1-4(2)3;2*1-2/h5-7H,1,8H2,2-4H3;6H,4-5,9H2,1-3H3;4,6H,3,5H2,1-2H3;1H2,2-3H3;1-2H3;1-2H2/b;;6-4-;;;. The second-order valence-electron chi connectivity index (χ2n) is 9.83. The predicted molar refractivity (Wildman–Crippen MR) is 183 cm³/mol. The molecular formula is C36H62FP. The number of benzene rings is 1. The van der Waals surface area contributed by atoms with Gasteiger partial charge in [-0.15, -0.1) is 19.7 Å². The van der Waals surface area contributed by atoms with Crippen LogP contribution in [0.25, 0.3) is 5.57 Å². The van der Waals surface area contributed by atoms with Crippen LogP contribution in [0, 0.1) is 12.8 Å². The third-order valence-electron chi connectivity index (χ3n) is 5.39. The van der Waals surface area contributed by atoms with Crippen molar-refractivity contribution in [3.05, 3.63) is 102 Å². The Kier molecular flexibility index (Phi) is 28.7. The fraction of sp³-hybridized carbons (Fsp3) is 0.500. The summed E-state index contributed by atoms with van der Waals surface area (Å²) in [6, 6.07) is 6.70. The van der Waals surface area contributed by atoms with E-state index in [1.54, 1.807) is 6.92 Å². The van der Waals surface area contributed by atoms with Crippen LogP contribution in [0.1, 0.15) is 112 Å². The van der Waals surface area contributed by atoms with Crippen LogP contribution in [0.4, 0.5) is 4.39 Å². The Morgan fingerprint density at radius 3 is 1.84 bits per heavy atom. The van der Waals surface area contributed by atoms with Crippen molar-refractivity contribution in [2.45, 2.75) is 114 Å². The van der Waals surface area contributed by atoms with Crippen molar-refractivity contribution in [3.8, 4) is 0 Å². The molecule has 0 bridgehead atoms. The Balaban J connectivity index is -0.000000210. The van der Waals surface area contributed by atoms with Crippen LogP contribution in [0.2, 0.25) is 0 Å². The monoisotopic (exact) mass is 544 g/mol. The molecule has 218 valence electrons. The van der Waals surface area contributed by atoms with Crippen LogP contribution in [-0.2, 0) is 6.42 Å². The number of halogens is 1. The van der Waals surface area contributed by atoms with Gasteiger partial charge in [-0.05, 0) is 90.3 Å². The maximum Gasteiger partial charge on any atom is 0.123 e. The van der Waals surface area contributed by atoms with E-state index in [0.29, 0.717) is 0 Å². The lowest BCUT2D eigenvalue weighted by Crippen LogP contribution is -2.18. The van der Waals surface area contributed by atoms with Crippen molar-refractivity contribution in [1.29, 1.82) is 0 Å². The summed E-state index contributed by atoms with van der Waals surface area (Å²) in [6.07, 6.45) is 8.22. The zero-order valence-corrected chi connectivity index (χ0v) is 28.4. The van der Waals surface area contributed by atoms with Crippen molar-refractivity contribution in [2.75, 3.05) is 0 Å². The van der Waals surface area contributed by atoms with E-state index in [9.17, 15) is 4.39 Å². The molecule has 0 nitrogen and oxygen atoms in total. The van der Waals surface area contributed by atoms with E-state index in [1.165, 1.54) is 44.6 Å². The second-order valence-corrected chi connectivity index (χ2v) is 11.0. The highest BCUT2D eigenvalue weighted by atomic mass is 31.0. The van der Waals surface area contributed by atoms with Crippen LogP contribution < -0.4 is 0 Å². The van der Waals surface area contributed by atoms with E-state index < -0.39 is 5.41 Å². The summed E-state index contributed by atoms with van der Waals surface area (Å²) in [5.41, 5.74) is 10.6. The molecule has 2 rings (SSSR count). The first kappa shape index (κ1) is 43.1. The Bertz CT molecular complexity index is 858. The highest BCUT2D eigenvalue weighted by Crippen LogP contribution is 2.37. The highest BCUT2D eigenvalue weighted by molar-refractivity contribution is 7.18. The summed E-state index contributed by atoms with van der Waals surface area (Å²) in [4.78, 5) is 0. The lowest BCUT2D eigenvalue weighted by atomic mass is 9.98. The van der Waals surface area contributed by atoms with Gasteiger partial charge in [-0.25, -0.2) is 4.39 Å². The predicted octanol–water partition coefficient (Wildman–Crippen LogP) is 12.8. The first-order valence-electron chi connectivity index (χ1n) is 14.0. The molecule has 3 unspecified atom stereocenters. The smallest absolute Gasteiger partial charge is 0.123 e. The maximum atomic E-state index is 12.9. The molecule has 1 aliphatic carbocycles. The topological polar surface area (TPSA) is 0 Å². The molecule has 3 atom stereocenters. The van der Waals surface area contributed by atoms with Crippen molar-refractivity contribution in [2.24, 2.45) is 5.92 Å². The molecule has 0 radical (unpaired) electrons. The van der Waals surface area contributed by atoms with Gasteiger partial charge in [-0.3, -0.25) is 0 Å². The van der Waals surface area contributed by atoms with E-state index in [2.05, 4.69) is 95.0 Å². The molecule has 0 aromatic heterocycles. The molecule has 0 amide bonds. The van der Waals surface area contributed by atoms with Crippen LogP contribution in [0.5, 0.6) is 0 Å². The first-order chi connectivity index (χ1) is 17.6. The number of alkyl halides is 1. The molecule has 0 aliphatic heterocycles. The number of hydrogen-bond donors (Lipinski definition) is 0. The van der Waals surface area contributed by atoms with E-state index in [1.807, 2.05) is 53.7 Å². The van der Waals surface area contributed by atoms with Crippen molar-refractivity contribution in [3.63, 3.8) is 0 Å². The average molecular weight is 545 g/mol. The number of aryl methyl sites for hydroxylation is 1. The highest BCUT2D eigenvalue weighted by Gasteiger charge is 2.23. The van der Waals surface area contributed by atoms with Gasteiger partial charge in [0.2, 0.25) is 0 Å². The van der Waals surface area contributed by atoms with Gasteiger partial charge in [0.15, 0.2) is 0 Å². The quantitative estimate of drug-likeness (QED) is 0.190. The largest absolute Gasteiger partial charge is 0.240 e. The molecule has 2 heteroatoms. The molecule has 0 saturated heterocycles. The molecule has 0 saturated carbocycles. The van der Waals surface area contributed by atoms with Gasteiger partial charge in [0.25, 0.3) is 0 Å². The first-order valence-corrected chi connectivity index (χ1v) is 14.6. The summed E-state index contributed by atoms with van der Waals surface area (Å²) in [7, 11) is 2.24. The number of hydrogen-bond acceptors (Lipinski definition) is 0. The molecule has 0 heterocycles. The van der Waals surface area contributed by atoms with Gasteiger partial charge >= 0.3 is 0 Å². The zero-order valence-electron chi connectivity index (χ0n) is 27.3. The average Bonchev–Trinajstić information content (AvgIpc) is 3.17. The van der Waals surface area contributed by atoms with E-state index in [0.717, 1.165) is 25.7 Å². The fourth-order valence-electron chi connectivity index (χ4n) is 3.34. The summed E-state index contributed by atoms with van der Waals surface area (Å²) in [6.45, 7) is 41.5. The van der Waals surface area contributed by atoms with Gasteiger partial charge in [0.1, 0.15) is 5.41 Å². The number of fused-ring (bicyclic) bond motifs is 1. The Morgan fingerprint density at radius 2 is 1.55 bits per heavy atom. The third kappa shape index (κ3) is 22.0.